The quantitative estimate of drug-likeness (QED) is 0.236. The number of nitrogens with one attached hydrogen (secondary N) is 1. The zero-order valence-corrected chi connectivity index (χ0v) is 24.8. The Bertz CT molecular complexity index is 1480. The number of pyridine rings is 1. The van der Waals surface area contributed by atoms with Crippen LogP contribution in [0, 0.1) is 13.8 Å². The van der Waals surface area contributed by atoms with Gasteiger partial charge in [0.05, 0.1) is 37.7 Å². The van der Waals surface area contributed by atoms with E-state index in [0.29, 0.717) is 5.11 Å². The van der Waals surface area contributed by atoms with Crippen LogP contribution in [0.3, 0.4) is 0 Å². The lowest BCUT2D eigenvalue weighted by Gasteiger charge is -2.29. The number of anilines is 2. The average molecular weight is 556 g/mol. The number of rotatable bonds is 9. The summed E-state index contributed by atoms with van der Waals surface area (Å²) in [4.78, 5) is 9.22. The number of benzene rings is 2. The van der Waals surface area contributed by atoms with Crippen molar-refractivity contribution in [3.05, 3.63) is 95.6 Å². The molecule has 1 N–H and O–H groups in total. The maximum absolute atomic E-state index is 5.98. The SMILES string of the molecule is CCN(CC)c1ccc(-n2c(C)cc([C@H]3[C@H](c4ccccn4)NC(=S)N3c3cc(OC)ccc3OC)c2C)cc1. The molecule has 3 heterocycles. The number of hydrogen-bond donors (Lipinski definition) is 1. The first kappa shape index (κ1) is 27.5. The van der Waals surface area contributed by atoms with E-state index in [9.17, 15) is 0 Å². The van der Waals surface area contributed by atoms with Crippen molar-refractivity contribution in [3.63, 3.8) is 0 Å². The Morgan fingerprint density at radius 3 is 2.33 bits per heavy atom. The molecule has 40 heavy (non-hydrogen) atoms. The molecule has 208 valence electrons. The standard InChI is InChI=1S/C32H37N5O2S/c1-7-35(8-2)23-12-14-24(15-13-23)36-21(3)19-26(22(36)4)31-30(27-11-9-10-18-33-27)34-32(40)37(31)28-20-25(38-5)16-17-29(28)39-6/h9-20,30-31H,7-8H2,1-6H3,(H,34,40)/t30-,31-/m0/s1. The molecule has 1 aliphatic rings. The monoisotopic (exact) mass is 555 g/mol. The summed E-state index contributed by atoms with van der Waals surface area (Å²) in [6.07, 6.45) is 1.83. The average Bonchev–Trinajstić information content (AvgIpc) is 3.48. The molecular formula is C32H37N5O2S. The van der Waals surface area contributed by atoms with Gasteiger partial charge in [-0.3, -0.25) is 4.98 Å². The first-order valence-corrected chi connectivity index (χ1v) is 14.1. The fourth-order valence-corrected chi connectivity index (χ4v) is 6.14. The number of aromatic nitrogens is 2. The summed E-state index contributed by atoms with van der Waals surface area (Å²) in [6.45, 7) is 10.7. The summed E-state index contributed by atoms with van der Waals surface area (Å²) in [7, 11) is 3.34. The van der Waals surface area contributed by atoms with Gasteiger partial charge in [0.15, 0.2) is 5.11 Å². The van der Waals surface area contributed by atoms with Gasteiger partial charge in [-0.1, -0.05) is 6.07 Å². The number of hydrogen-bond acceptors (Lipinski definition) is 5. The van der Waals surface area contributed by atoms with Crippen LogP contribution in [0.1, 0.15) is 48.6 Å². The van der Waals surface area contributed by atoms with Crippen LogP contribution in [-0.4, -0.2) is 42.0 Å². The van der Waals surface area contributed by atoms with Gasteiger partial charge in [-0.2, -0.15) is 0 Å². The molecule has 0 amide bonds. The van der Waals surface area contributed by atoms with Crippen LogP contribution >= 0.6 is 12.2 Å². The summed E-state index contributed by atoms with van der Waals surface area (Å²) in [5.41, 5.74) is 7.59. The molecule has 1 fully saturated rings. The van der Waals surface area contributed by atoms with Crippen LogP contribution in [0.5, 0.6) is 11.5 Å². The van der Waals surface area contributed by atoms with Crippen LogP contribution in [0.4, 0.5) is 11.4 Å². The topological polar surface area (TPSA) is 54.8 Å². The largest absolute Gasteiger partial charge is 0.497 e. The maximum Gasteiger partial charge on any atom is 0.174 e. The van der Waals surface area contributed by atoms with Gasteiger partial charge in [-0.25, -0.2) is 0 Å². The first-order valence-electron chi connectivity index (χ1n) is 13.7. The number of thiocarbonyl (C=S) groups is 1. The molecule has 4 aromatic rings. The molecule has 0 bridgehead atoms. The molecule has 0 radical (unpaired) electrons. The van der Waals surface area contributed by atoms with Gasteiger partial charge < -0.3 is 29.2 Å². The summed E-state index contributed by atoms with van der Waals surface area (Å²) in [6, 6.07) is 22.5. The second-order valence-corrected chi connectivity index (χ2v) is 10.3. The van der Waals surface area contributed by atoms with Crippen LogP contribution in [0.15, 0.2) is 72.9 Å². The minimum absolute atomic E-state index is 0.163. The second-order valence-electron chi connectivity index (χ2n) is 9.88. The lowest BCUT2D eigenvalue weighted by atomic mass is 9.96. The predicted molar refractivity (Wildman–Crippen MR) is 166 cm³/mol. The van der Waals surface area contributed by atoms with Gasteiger partial charge in [0.2, 0.25) is 0 Å². The summed E-state index contributed by atoms with van der Waals surface area (Å²) in [5.74, 6) is 1.45. The summed E-state index contributed by atoms with van der Waals surface area (Å²) < 4.78 is 13.7. The molecule has 1 aliphatic heterocycles. The van der Waals surface area contributed by atoms with Crippen molar-refractivity contribution in [3.8, 4) is 17.2 Å². The maximum atomic E-state index is 5.98. The highest BCUT2D eigenvalue weighted by Crippen LogP contribution is 2.47. The third-order valence-electron chi connectivity index (χ3n) is 7.77. The minimum Gasteiger partial charge on any atom is -0.497 e. The molecule has 1 saturated heterocycles. The van der Waals surface area contributed by atoms with Crippen LogP contribution in [0.25, 0.3) is 5.69 Å². The van der Waals surface area contributed by atoms with E-state index in [1.54, 1.807) is 14.2 Å². The highest BCUT2D eigenvalue weighted by atomic mass is 32.1. The Labute approximate surface area is 242 Å². The highest BCUT2D eigenvalue weighted by molar-refractivity contribution is 7.80. The van der Waals surface area contributed by atoms with Gasteiger partial charge in [0, 0.05) is 48.1 Å². The lowest BCUT2D eigenvalue weighted by molar-refractivity contribution is 0.403. The van der Waals surface area contributed by atoms with Crippen molar-refractivity contribution in [2.45, 2.75) is 39.8 Å². The van der Waals surface area contributed by atoms with Gasteiger partial charge in [-0.05, 0) is 100 Å². The van der Waals surface area contributed by atoms with E-state index in [0.717, 1.165) is 58.6 Å². The Balaban J connectivity index is 1.65. The molecule has 2 aromatic heterocycles. The minimum atomic E-state index is -0.168. The van der Waals surface area contributed by atoms with Gasteiger partial charge in [0.1, 0.15) is 11.5 Å². The Kier molecular flexibility index (Phi) is 7.98. The summed E-state index contributed by atoms with van der Waals surface area (Å²) in [5, 5.41) is 4.18. The fraction of sp³-hybridized carbons (Fsp3) is 0.312. The number of methoxy groups -OCH3 is 2. The smallest absolute Gasteiger partial charge is 0.174 e. The molecule has 5 rings (SSSR count). The molecule has 2 atom stereocenters. The van der Waals surface area contributed by atoms with E-state index < -0.39 is 0 Å². The lowest BCUT2D eigenvalue weighted by Crippen LogP contribution is -2.30. The van der Waals surface area contributed by atoms with Crippen molar-refractivity contribution in [1.29, 1.82) is 0 Å². The number of aryl methyl sites for hydroxylation is 1. The molecule has 0 unspecified atom stereocenters. The summed E-state index contributed by atoms with van der Waals surface area (Å²) >= 11 is 5.98. The molecule has 8 heteroatoms. The number of ether oxygens (including phenoxy) is 2. The van der Waals surface area contributed by atoms with E-state index >= 15 is 0 Å². The molecule has 7 nitrogen and oxygen atoms in total. The van der Waals surface area contributed by atoms with Gasteiger partial charge in [0.25, 0.3) is 0 Å². The third-order valence-corrected chi connectivity index (χ3v) is 8.08. The predicted octanol–water partition coefficient (Wildman–Crippen LogP) is 6.53. The molecule has 0 spiro atoms. The fourth-order valence-electron chi connectivity index (χ4n) is 5.80. The van der Waals surface area contributed by atoms with Crippen LogP contribution in [0.2, 0.25) is 0 Å². The van der Waals surface area contributed by atoms with E-state index in [1.165, 1.54) is 5.69 Å². The Morgan fingerprint density at radius 1 is 0.950 bits per heavy atom. The van der Waals surface area contributed by atoms with Gasteiger partial charge in [-0.15, -0.1) is 0 Å². The zero-order valence-electron chi connectivity index (χ0n) is 24.0. The molecule has 0 saturated carbocycles. The molecule has 2 aromatic carbocycles. The number of nitrogens with zero attached hydrogens (tertiary/aromatic N) is 4. The second kappa shape index (κ2) is 11.6. The van der Waals surface area contributed by atoms with Gasteiger partial charge >= 0.3 is 0 Å². The van der Waals surface area contributed by atoms with Crippen molar-refractivity contribution in [2.24, 2.45) is 0 Å². The van der Waals surface area contributed by atoms with E-state index in [2.05, 4.69) is 77.7 Å². The van der Waals surface area contributed by atoms with E-state index in [-0.39, 0.29) is 12.1 Å². The first-order chi connectivity index (χ1) is 19.4. The van der Waals surface area contributed by atoms with Crippen LogP contribution < -0.4 is 24.6 Å². The van der Waals surface area contributed by atoms with Crippen molar-refractivity contribution in [2.75, 3.05) is 37.1 Å². The Hall–Kier alpha value is -4.04. The highest BCUT2D eigenvalue weighted by Gasteiger charge is 2.43. The molecular weight excluding hydrogens is 518 g/mol. The molecule has 0 aliphatic carbocycles. The van der Waals surface area contributed by atoms with E-state index in [1.807, 2.05) is 42.6 Å². The van der Waals surface area contributed by atoms with E-state index in [4.69, 9.17) is 26.7 Å². The van der Waals surface area contributed by atoms with Crippen molar-refractivity contribution >= 4 is 28.7 Å². The Morgan fingerprint density at radius 2 is 1.70 bits per heavy atom. The third kappa shape index (κ3) is 4.88. The van der Waals surface area contributed by atoms with Crippen LogP contribution in [-0.2, 0) is 0 Å². The van der Waals surface area contributed by atoms with Crippen molar-refractivity contribution < 1.29 is 9.47 Å². The van der Waals surface area contributed by atoms with Crippen molar-refractivity contribution in [1.82, 2.24) is 14.9 Å². The zero-order chi connectivity index (χ0) is 28.4. The normalized spacial score (nSPS) is 16.6.